The van der Waals surface area contributed by atoms with Crippen LogP contribution in [0.3, 0.4) is 0 Å². The van der Waals surface area contributed by atoms with E-state index in [2.05, 4.69) is 34.3 Å². The number of ether oxygens (including phenoxy) is 1. The number of nitrogens with one attached hydrogen (secondary N) is 1. The molecule has 1 fully saturated rings. The zero-order valence-electron chi connectivity index (χ0n) is 19.1. The molecule has 2 aromatic heterocycles. The van der Waals surface area contributed by atoms with E-state index in [4.69, 9.17) is 14.1 Å². The normalized spacial score (nSPS) is 15.5. The zero-order chi connectivity index (χ0) is 23.0. The summed E-state index contributed by atoms with van der Waals surface area (Å²) in [6, 6.07) is 15.9. The van der Waals surface area contributed by atoms with Crippen LogP contribution in [0.5, 0.6) is 0 Å². The van der Waals surface area contributed by atoms with Gasteiger partial charge in [-0.05, 0) is 37.0 Å². The minimum absolute atomic E-state index is 0.108. The third kappa shape index (κ3) is 6.58. The lowest BCUT2D eigenvalue weighted by Crippen LogP contribution is -2.31. The fourth-order valence-electron chi connectivity index (χ4n) is 3.65. The second kappa shape index (κ2) is 11.3. The number of thioether (sulfide) groups is 1. The molecule has 33 heavy (non-hydrogen) atoms. The van der Waals surface area contributed by atoms with Crippen LogP contribution in [-0.4, -0.2) is 42.2 Å². The van der Waals surface area contributed by atoms with E-state index in [1.165, 1.54) is 17.3 Å². The van der Waals surface area contributed by atoms with E-state index >= 15 is 0 Å². The molecule has 3 heterocycles. The average Bonchev–Trinajstić information content (AvgIpc) is 3.54. The molecule has 8 heteroatoms. The van der Waals surface area contributed by atoms with Crippen molar-refractivity contribution in [2.45, 2.75) is 49.7 Å². The van der Waals surface area contributed by atoms with E-state index < -0.39 is 0 Å². The van der Waals surface area contributed by atoms with Crippen molar-refractivity contribution in [1.29, 1.82) is 0 Å². The highest BCUT2D eigenvalue weighted by molar-refractivity contribution is 7.98. The molecule has 1 saturated heterocycles. The molecule has 0 aliphatic carbocycles. The van der Waals surface area contributed by atoms with E-state index in [0.717, 1.165) is 43.9 Å². The number of carbonyl (C=O) groups is 1. The first-order chi connectivity index (χ1) is 16.1. The van der Waals surface area contributed by atoms with Gasteiger partial charge in [-0.25, -0.2) is 9.97 Å². The van der Waals surface area contributed by atoms with Crippen LogP contribution >= 0.6 is 11.8 Å². The fraction of sp³-hybridized carbons (Fsp3) is 0.400. The number of nitrogens with zero attached hydrogens (tertiary/aromatic N) is 3. The van der Waals surface area contributed by atoms with Gasteiger partial charge in [0.1, 0.15) is 11.6 Å². The van der Waals surface area contributed by atoms with Crippen LogP contribution in [0.15, 0.2) is 58.1 Å². The highest BCUT2D eigenvalue weighted by Gasteiger charge is 2.18. The molecule has 1 aliphatic heterocycles. The lowest BCUT2D eigenvalue weighted by Gasteiger charge is -2.19. The first-order valence-corrected chi connectivity index (χ1v) is 12.3. The van der Waals surface area contributed by atoms with Crippen molar-refractivity contribution in [3.8, 4) is 0 Å². The van der Waals surface area contributed by atoms with Crippen LogP contribution < -0.4 is 10.2 Å². The van der Waals surface area contributed by atoms with Crippen molar-refractivity contribution in [1.82, 2.24) is 15.3 Å². The first kappa shape index (κ1) is 23.3. The maximum Gasteiger partial charge on any atom is 0.287 e. The molecule has 1 amide bonds. The number of hydrogen-bond donors (Lipinski definition) is 1. The van der Waals surface area contributed by atoms with Crippen LogP contribution in [0.4, 0.5) is 5.82 Å². The summed E-state index contributed by atoms with van der Waals surface area (Å²) in [5.41, 5.74) is 2.22. The predicted octanol–water partition coefficient (Wildman–Crippen LogP) is 4.47. The van der Waals surface area contributed by atoms with Gasteiger partial charge in [-0.15, -0.1) is 0 Å². The van der Waals surface area contributed by atoms with Gasteiger partial charge in [0, 0.05) is 38.5 Å². The molecule has 7 nitrogen and oxygen atoms in total. The van der Waals surface area contributed by atoms with Crippen LogP contribution in [0, 0.1) is 0 Å². The van der Waals surface area contributed by atoms with Gasteiger partial charge in [-0.3, -0.25) is 4.79 Å². The largest absolute Gasteiger partial charge is 0.455 e. The lowest BCUT2D eigenvalue weighted by molar-refractivity contribution is 0.0834. The maximum atomic E-state index is 12.3. The SMILES string of the molecule is CCc1cc(N(C)Cc2ccccc2)nc(SCc2ccc(C(=O)NC[C@@H]3CCCO3)o2)n1. The number of hydrogen-bond acceptors (Lipinski definition) is 7. The van der Waals surface area contributed by atoms with Crippen LogP contribution in [0.2, 0.25) is 0 Å². The van der Waals surface area contributed by atoms with E-state index in [1.54, 1.807) is 6.07 Å². The van der Waals surface area contributed by atoms with Crippen molar-refractivity contribution >= 4 is 23.5 Å². The van der Waals surface area contributed by atoms with Crippen LogP contribution in [-0.2, 0) is 23.5 Å². The Bertz CT molecular complexity index is 1050. The Morgan fingerprint density at radius 1 is 1.21 bits per heavy atom. The molecule has 1 atom stereocenters. The second-order valence-corrected chi connectivity index (χ2v) is 9.04. The molecule has 0 spiro atoms. The molecule has 0 radical (unpaired) electrons. The van der Waals surface area contributed by atoms with Gasteiger partial charge >= 0.3 is 0 Å². The highest BCUT2D eigenvalue weighted by atomic mass is 32.2. The molecule has 4 rings (SSSR count). The van der Waals surface area contributed by atoms with Gasteiger partial charge in [0.2, 0.25) is 0 Å². The molecule has 0 bridgehead atoms. The van der Waals surface area contributed by atoms with Crippen molar-refractivity contribution in [3.63, 3.8) is 0 Å². The maximum absolute atomic E-state index is 12.3. The summed E-state index contributed by atoms with van der Waals surface area (Å²) < 4.78 is 11.3. The number of rotatable bonds is 10. The third-order valence-corrected chi connectivity index (χ3v) is 6.37. The number of carbonyl (C=O) groups excluding carboxylic acids is 1. The minimum atomic E-state index is -0.212. The molecule has 1 aromatic carbocycles. The van der Waals surface area contributed by atoms with Gasteiger partial charge in [0.15, 0.2) is 10.9 Å². The van der Waals surface area contributed by atoms with Crippen molar-refractivity contribution in [2.75, 3.05) is 25.1 Å². The Kier molecular flexibility index (Phi) is 8.01. The summed E-state index contributed by atoms with van der Waals surface area (Å²) in [7, 11) is 2.04. The number of aryl methyl sites for hydroxylation is 1. The number of anilines is 1. The van der Waals surface area contributed by atoms with E-state index in [-0.39, 0.29) is 12.0 Å². The summed E-state index contributed by atoms with van der Waals surface area (Å²) in [6.07, 6.45) is 2.97. The number of benzene rings is 1. The van der Waals surface area contributed by atoms with Gasteiger partial charge in [0.05, 0.1) is 11.9 Å². The summed E-state index contributed by atoms with van der Waals surface area (Å²) in [5, 5.41) is 3.59. The smallest absolute Gasteiger partial charge is 0.287 e. The van der Waals surface area contributed by atoms with E-state index in [9.17, 15) is 4.79 Å². The first-order valence-electron chi connectivity index (χ1n) is 11.3. The summed E-state index contributed by atoms with van der Waals surface area (Å²) >= 11 is 1.51. The minimum Gasteiger partial charge on any atom is -0.455 e. The second-order valence-electron chi connectivity index (χ2n) is 8.09. The Morgan fingerprint density at radius 2 is 2.06 bits per heavy atom. The molecular formula is C25H30N4O3S. The Balaban J connectivity index is 1.35. The number of furan rings is 1. The number of amides is 1. The summed E-state index contributed by atoms with van der Waals surface area (Å²) in [4.78, 5) is 23.9. The third-order valence-electron chi connectivity index (χ3n) is 5.50. The monoisotopic (exact) mass is 466 g/mol. The molecule has 1 aliphatic rings. The highest BCUT2D eigenvalue weighted by Crippen LogP contribution is 2.24. The van der Waals surface area contributed by atoms with E-state index in [0.29, 0.717) is 29.0 Å². The Hall–Kier alpha value is -2.84. The van der Waals surface area contributed by atoms with Crippen molar-refractivity contribution in [3.05, 3.63) is 71.3 Å². The van der Waals surface area contributed by atoms with Crippen LogP contribution in [0.1, 0.15) is 47.3 Å². The molecule has 3 aromatic rings. The molecule has 1 N–H and O–H groups in total. The topological polar surface area (TPSA) is 80.5 Å². The quantitative estimate of drug-likeness (QED) is 0.349. The van der Waals surface area contributed by atoms with E-state index in [1.807, 2.05) is 37.4 Å². The predicted molar refractivity (Wildman–Crippen MR) is 130 cm³/mol. The summed E-state index contributed by atoms with van der Waals surface area (Å²) in [6.45, 7) is 4.15. The molecule has 0 unspecified atom stereocenters. The van der Waals surface area contributed by atoms with Gasteiger partial charge in [-0.1, -0.05) is 49.0 Å². The lowest BCUT2D eigenvalue weighted by atomic mass is 10.2. The number of aromatic nitrogens is 2. The van der Waals surface area contributed by atoms with Crippen LogP contribution in [0.25, 0.3) is 0 Å². The van der Waals surface area contributed by atoms with Gasteiger partial charge in [0.25, 0.3) is 5.91 Å². The average molecular weight is 467 g/mol. The van der Waals surface area contributed by atoms with Gasteiger partial charge in [-0.2, -0.15) is 0 Å². The van der Waals surface area contributed by atoms with Crippen molar-refractivity contribution < 1.29 is 13.9 Å². The Labute approximate surface area is 198 Å². The Morgan fingerprint density at radius 3 is 2.82 bits per heavy atom. The van der Waals surface area contributed by atoms with Gasteiger partial charge < -0.3 is 19.4 Å². The van der Waals surface area contributed by atoms with Crippen molar-refractivity contribution in [2.24, 2.45) is 0 Å². The summed E-state index contributed by atoms with van der Waals surface area (Å²) in [5.74, 6) is 2.26. The molecule has 174 valence electrons. The molecule has 0 saturated carbocycles. The fourth-order valence-corrected chi connectivity index (χ4v) is 4.42. The zero-order valence-corrected chi connectivity index (χ0v) is 19.9. The standard InChI is InChI=1S/C25H30N4O3S/c1-3-19-14-23(29(2)16-18-8-5-4-6-9-18)28-25(27-19)33-17-21-11-12-22(32-21)24(30)26-15-20-10-7-13-31-20/h4-6,8-9,11-12,14,20H,3,7,10,13,15-17H2,1-2H3,(H,26,30)/t20-/m0/s1. The molecular weight excluding hydrogens is 436 g/mol.